The molecule has 0 aromatic heterocycles. The van der Waals surface area contributed by atoms with E-state index in [1.165, 1.54) is 0 Å². The third kappa shape index (κ3) is 2.81. The summed E-state index contributed by atoms with van der Waals surface area (Å²) in [6, 6.07) is 5.32. The van der Waals surface area contributed by atoms with Gasteiger partial charge >= 0.3 is 5.97 Å². The number of hydrogen-bond donors (Lipinski definition) is 1. The first-order valence-corrected chi connectivity index (χ1v) is 8.73. The fraction of sp³-hybridized carbons (Fsp3) is 0.526. The number of methoxy groups -OCH3 is 1. The molecule has 2 saturated heterocycles. The molecule has 3 rings (SSSR count). The van der Waals surface area contributed by atoms with Crippen LogP contribution < -0.4 is 4.74 Å². The van der Waals surface area contributed by atoms with Crippen LogP contribution in [0.3, 0.4) is 0 Å². The number of carbonyl (C=O) groups excluding carboxylic acids is 2. The number of ether oxygens (including phenoxy) is 1. The molecule has 0 aliphatic carbocycles. The molecule has 0 saturated carbocycles. The van der Waals surface area contributed by atoms with E-state index in [2.05, 4.69) is 0 Å². The van der Waals surface area contributed by atoms with Gasteiger partial charge in [-0.25, -0.2) is 0 Å². The molecule has 2 aliphatic rings. The summed E-state index contributed by atoms with van der Waals surface area (Å²) in [5.74, 6) is -1.13. The number of benzene rings is 1. The quantitative estimate of drug-likeness (QED) is 0.884. The fourth-order valence-corrected chi connectivity index (χ4v) is 4.28. The van der Waals surface area contributed by atoms with Crippen LogP contribution in [0.5, 0.6) is 5.75 Å². The highest BCUT2D eigenvalue weighted by Crippen LogP contribution is 2.43. The van der Waals surface area contributed by atoms with Gasteiger partial charge in [-0.1, -0.05) is 0 Å². The Morgan fingerprint density at radius 2 is 1.92 bits per heavy atom. The van der Waals surface area contributed by atoms with Crippen molar-refractivity contribution < 1.29 is 24.2 Å². The molecular weight excluding hydrogens is 336 g/mol. The highest BCUT2D eigenvalue weighted by Gasteiger charge is 2.55. The van der Waals surface area contributed by atoms with Crippen LogP contribution in [0.4, 0.5) is 0 Å². The second-order valence-corrected chi connectivity index (χ2v) is 7.13. The number of carbonyl (C=O) groups is 3. The van der Waals surface area contributed by atoms with E-state index in [0.29, 0.717) is 31.5 Å². The predicted molar refractivity (Wildman–Crippen MR) is 94.1 cm³/mol. The molecule has 7 heteroatoms. The molecule has 7 nitrogen and oxygen atoms in total. The second-order valence-electron chi connectivity index (χ2n) is 7.13. The van der Waals surface area contributed by atoms with Crippen LogP contribution in [0.1, 0.15) is 35.2 Å². The number of amides is 2. The predicted octanol–water partition coefficient (Wildman–Crippen LogP) is 1.54. The smallest absolute Gasteiger partial charge is 0.309 e. The largest absolute Gasteiger partial charge is 0.496 e. The Balaban J connectivity index is 1.75. The van der Waals surface area contributed by atoms with Gasteiger partial charge in [0.1, 0.15) is 5.75 Å². The van der Waals surface area contributed by atoms with Crippen molar-refractivity contribution in [2.24, 2.45) is 5.92 Å². The summed E-state index contributed by atoms with van der Waals surface area (Å²) >= 11 is 0. The van der Waals surface area contributed by atoms with Crippen LogP contribution in [0.25, 0.3) is 0 Å². The molecule has 1 aromatic carbocycles. The van der Waals surface area contributed by atoms with Gasteiger partial charge in [-0.3, -0.25) is 14.4 Å². The number of aliphatic carboxylic acids is 1. The highest BCUT2D eigenvalue weighted by molar-refractivity contribution is 5.95. The van der Waals surface area contributed by atoms with E-state index in [0.717, 1.165) is 11.3 Å². The van der Waals surface area contributed by atoms with E-state index in [9.17, 15) is 19.5 Å². The van der Waals surface area contributed by atoms with Crippen LogP contribution >= 0.6 is 0 Å². The maximum atomic E-state index is 12.8. The first-order chi connectivity index (χ1) is 12.3. The topological polar surface area (TPSA) is 87.1 Å². The molecule has 140 valence electrons. The molecule has 2 fully saturated rings. The van der Waals surface area contributed by atoms with Gasteiger partial charge in [0, 0.05) is 32.1 Å². The number of aryl methyl sites for hydroxylation is 1. The van der Waals surface area contributed by atoms with Gasteiger partial charge in [0.2, 0.25) is 5.91 Å². The molecule has 0 bridgehead atoms. The fourth-order valence-electron chi connectivity index (χ4n) is 4.28. The summed E-state index contributed by atoms with van der Waals surface area (Å²) < 4.78 is 5.23. The van der Waals surface area contributed by atoms with Crippen molar-refractivity contribution in [2.75, 3.05) is 27.2 Å². The summed E-state index contributed by atoms with van der Waals surface area (Å²) in [4.78, 5) is 39.8. The summed E-state index contributed by atoms with van der Waals surface area (Å²) in [7, 11) is 3.27. The van der Waals surface area contributed by atoms with Crippen LogP contribution in [0, 0.1) is 12.8 Å². The van der Waals surface area contributed by atoms with Crippen molar-refractivity contribution in [1.82, 2.24) is 9.80 Å². The summed E-state index contributed by atoms with van der Waals surface area (Å²) in [6.45, 7) is 2.76. The van der Waals surface area contributed by atoms with Gasteiger partial charge in [0.05, 0.1) is 18.6 Å². The first kappa shape index (κ1) is 18.2. The Labute approximate surface area is 152 Å². The highest BCUT2D eigenvalue weighted by atomic mass is 16.5. The van der Waals surface area contributed by atoms with E-state index < -0.39 is 17.4 Å². The van der Waals surface area contributed by atoms with E-state index in [-0.39, 0.29) is 18.2 Å². The maximum Gasteiger partial charge on any atom is 0.309 e. The summed E-state index contributed by atoms with van der Waals surface area (Å²) in [5.41, 5.74) is 0.791. The first-order valence-electron chi connectivity index (χ1n) is 8.73. The molecule has 1 atom stereocenters. The normalized spacial score (nSPS) is 22.0. The molecule has 2 heterocycles. The number of carboxylic acids is 1. The number of piperidine rings is 1. The van der Waals surface area contributed by atoms with Crippen molar-refractivity contribution in [3.8, 4) is 5.75 Å². The minimum atomic E-state index is -0.937. The Hall–Kier alpha value is -2.57. The van der Waals surface area contributed by atoms with Crippen molar-refractivity contribution in [2.45, 2.75) is 31.7 Å². The van der Waals surface area contributed by atoms with Gasteiger partial charge in [0.25, 0.3) is 5.91 Å². The lowest BCUT2D eigenvalue weighted by Crippen LogP contribution is -2.56. The summed E-state index contributed by atoms with van der Waals surface area (Å²) in [6.07, 6.45) is 0.998. The second kappa shape index (κ2) is 6.63. The Morgan fingerprint density at radius 3 is 2.46 bits per heavy atom. The number of nitrogens with zero attached hydrogens (tertiary/aromatic N) is 2. The van der Waals surface area contributed by atoms with Crippen molar-refractivity contribution in [3.63, 3.8) is 0 Å². The zero-order valence-corrected chi connectivity index (χ0v) is 15.3. The molecule has 2 amide bonds. The van der Waals surface area contributed by atoms with Gasteiger partial charge < -0.3 is 19.6 Å². The molecule has 26 heavy (non-hydrogen) atoms. The van der Waals surface area contributed by atoms with Crippen LogP contribution in [-0.2, 0) is 9.59 Å². The zero-order chi connectivity index (χ0) is 19.1. The number of hydrogen-bond acceptors (Lipinski definition) is 4. The van der Waals surface area contributed by atoms with E-state index >= 15 is 0 Å². The third-order valence-corrected chi connectivity index (χ3v) is 5.93. The van der Waals surface area contributed by atoms with E-state index in [1.54, 1.807) is 42.2 Å². The monoisotopic (exact) mass is 360 g/mol. The van der Waals surface area contributed by atoms with Gasteiger partial charge in [-0.2, -0.15) is 0 Å². The SMILES string of the molecule is COc1ccc(C(=O)N2CCC3(CC2)[C@@H](C(=O)O)CC(=O)N3C)cc1C. The van der Waals surface area contributed by atoms with E-state index in [4.69, 9.17) is 4.74 Å². The van der Waals surface area contributed by atoms with Gasteiger partial charge in [-0.05, 0) is 43.5 Å². The minimum Gasteiger partial charge on any atom is -0.496 e. The molecule has 1 N–H and O–H groups in total. The molecular formula is C19H24N2O5. The third-order valence-electron chi connectivity index (χ3n) is 5.93. The average Bonchev–Trinajstić information content (AvgIpc) is 2.87. The van der Waals surface area contributed by atoms with Crippen LogP contribution in [-0.4, -0.2) is 65.5 Å². The molecule has 1 spiro atoms. The standard InChI is InChI=1S/C19H24N2O5/c1-12-10-13(4-5-15(12)26-3)17(23)21-8-6-19(7-9-21)14(18(24)25)11-16(22)20(19)2/h4-5,10,14H,6-9,11H2,1-3H3,(H,24,25)/t14-/m1/s1. The molecule has 2 aliphatic heterocycles. The molecule has 0 unspecified atom stereocenters. The Morgan fingerprint density at radius 1 is 1.27 bits per heavy atom. The van der Waals surface area contributed by atoms with Crippen LogP contribution in [0.15, 0.2) is 18.2 Å². The number of carboxylic acid groups (broad SMARTS) is 1. The molecule has 0 radical (unpaired) electrons. The van der Waals surface area contributed by atoms with Gasteiger partial charge in [0.15, 0.2) is 0 Å². The summed E-state index contributed by atoms with van der Waals surface area (Å²) in [5, 5.41) is 9.53. The number of rotatable bonds is 3. The lowest BCUT2D eigenvalue weighted by atomic mass is 9.77. The zero-order valence-electron chi connectivity index (χ0n) is 15.3. The van der Waals surface area contributed by atoms with Crippen molar-refractivity contribution in [1.29, 1.82) is 0 Å². The van der Waals surface area contributed by atoms with E-state index in [1.807, 2.05) is 6.92 Å². The molecule has 1 aromatic rings. The maximum absolute atomic E-state index is 12.8. The minimum absolute atomic E-state index is 0.0391. The lowest BCUT2D eigenvalue weighted by Gasteiger charge is -2.45. The van der Waals surface area contributed by atoms with Crippen molar-refractivity contribution in [3.05, 3.63) is 29.3 Å². The average molecular weight is 360 g/mol. The number of likely N-dealkylation sites (tertiary alicyclic amines) is 2. The van der Waals surface area contributed by atoms with Crippen LogP contribution in [0.2, 0.25) is 0 Å². The Bertz CT molecular complexity index is 752. The van der Waals surface area contributed by atoms with Crippen molar-refractivity contribution >= 4 is 17.8 Å². The Kier molecular flexibility index (Phi) is 4.64. The van der Waals surface area contributed by atoms with Gasteiger partial charge in [-0.15, -0.1) is 0 Å². The lowest BCUT2D eigenvalue weighted by molar-refractivity contribution is -0.145.